The normalized spacial score (nSPS) is 35.4. The Bertz CT molecular complexity index is 1710. The molecule has 3 aromatic carbocycles. The van der Waals surface area contributed by atoms with Gasteiger partial charge < -0.3 is 9.80 Å². The van der Waals surface area contributed by atoms with Gasteiger partial charge in [-0.1, -0.05) is 97.6 Å². The van der Waals surface area contributed by atoms with Gasteiger partial charge in [-0.05, 0) is 87.3 Å². The third-order valence-electron chi connectivity index (χ3n) is 11.0. The van der Waals surface area contributed by atoms with Gasteiger partial charge in [-0.15, -0.1) is 0 Å². The topological polar surface area (TPSA) is 6.48 Å². The molecule has 2 fully saturated rings. The lowest BCUT2D eigenvalue weighted by atomic mass is 9.33. The predicted molar refractivity (Wildman–Crippen MR) is 176 cm³/mol. The van der Waals surface area contributed by atoms with E-state index in [0.717, 1.165) is 59.6 Å². The van der Waals surface area contributed by atoms with Crippen molar-refractivity contribution >= 4 is 45.9 Å². The Kier molecular flexibility index (Phi) is 4.13. The van der Waals surface area contributed by atoms with E-state index < -0.39 is 23.8 Å². The second-order valence-corrected chi connectivity index (χ2v) is 15.4. The molecule has 4 heterocycles. The highest BCUT2D eigenvalue weighted by molar-refractivity contribution is 7.00. The molecular formula is C38H45BN2. The maximum absolute atomic E-state index is 10.3. The number of nitrogens with zero attached hydrogens (tertiary/aromatic N) is 2. The highest BCUT2D eigenvalue weighted by Crippen LogP contribution is 2.58. The summed E-state index contributed by atoms with van der Waals surface area (Å²) in [5.74, 6) is -2.04. The monoisotopic (exact) mass is 544 g/mol. The second kappa shape index (κ2) is 8.03. The Morgan fingerprint density at radius 2 is 1.07 bits per heavy atom. The molecule has 4 unspecified atom stereocenters. The standard InChI is InChI=1S/C38H45BN2/c1-37(2,3)24-18-20-26-35-32(24)22-12-7-9-14-28(22)40(35)30-16-11-17-31-34(30)39(26)27-21-19-25(38(4,5)6)33-23-13-8-10-15-29(23)41(31)36(27)33/h11,16-23,28-29H,7-10,12-15H2,1-6H3/i22D,23D,28D,29D. The molecule has 6 aliphatic rings. The van der Waals surface area contributed by atoms with Crippen LogP contribution >= 0.6 is 0 Å². The first kappa shape index (κ1) is 21.1. The van der Waals surface area contributed by atoms with E-state index in [2.05, 4.69) is 93.8 Å². The van der Waals surface area contributed by atoms with E-state index in [-0.39, 0.29) is 17.5 Å². The van der Waals surface area contributed by atoms with Crippen molar-refractivity contribution in [3.05, 3.63) is 64.7 Å². The summed E-state index contributed by atoms with van der Waals surface area (Å²) in [6, 6.07) is 13.5. The Hall–Kier alpha value is -2.68. The SMILES string of the molecule is [2H]C12CCCCC1([2H])N1c3cccc4c3B(c3ccc(C(C)(C)C)c2c31)c1ccc(C(C)(C)C)c2c1N4C1([2H])CCCCC21[2H]. The maximum atomic E-state index is 10.3. The van der Waals surface area contributed by atoms with Crippen LogP contribution in [-0.2, 0) is 10.8 Å². The van der Waals surface area contributed by atoms with Gasteiger partial charge in [0.15, 0.2) is 0 Å². The maximum Gasteiger partial charge on any atom is 0.252 e. The lowest BCUT2D eigenvalue weighted by Crippen LogP contribution is -2.63. The van der Waals surface area contributed by atoms with Crippen molar-refractivity contribution in [1.82, 2.24) is 0 Å². The van der Waals surface area contributed by atoms with Gasteiger partial charge in [0.2, 0.25) is 0 Å². The zero-order valence-electron chi connectivity index (χ0n) is 29.7. The lowest BCUT2D eigenvalue weighted by Gasteiger charge is -2.45. The van der Waals surface area contributed by atoms with Gasteiger partial charge in [0.1, 0.15) is 0 Å². The minimum Gasteiger partial charge on any atom is -0.338 e. The fourth-order valence-electron chi connectivity index (χ4n) is 9.34. The first-order chi connectivity index (χ1) is 21.1. The van der Waals surface area contributed by atoms with Crippen molar-refractivity contribution in [1.29, 1.82) is 0 Å². The molecule has 0 spiro atoms. The average Bonchev–Trinajstić information content (AvgIpc) is 3.33. The lowest BCUT2D eigenvalue weighted by molar-refractivity contribution is 0.397. The fourth-order valence-corrected chi connectivity index (χ4v) is 9.34. The molecule has 2 aliphatic carbocycles. The molecule has 210 valence electrons. The van der Waals surface area contributed by atoms with E-state index in [0.29, 0.717) is 25.7 Å². The molecule has 0 saturated heterocycles. The molecule has 3 aromatic rings. The number of hydrogen-bond donors (Lipinski definition) is 0. The molecule has 0 N–H and O–H groups in total. The summed E-state index contributed by atoms with van der Waals surface area (Å²) in [6.07, 6.45) is 6.60. The van der Waals surface area contributed by atoms with Crippen molar-refractivity contribution in [2.75, 3.05) is 9.80 Å². The largest absolute Gasteiger partial charge is 0.338 e. The van der Waals surface area contributed by atoms with Crippen molar-refractivity contribution in [3.8, 4) is 0 Å². The zero-order valence-corrected chi connectivity index (χ0v) is 25.7. The molecule has 41 heavy (non-hydrogen) atoms. The highest BCUT2D eigenvalue weighted by atomic mass is 15.2. The van der Waals surface area contributed by atoms with Crippen LogP contribution in [0.2, 0.25) is 0 Å². The van der Waals surface area contributed by atoms with E-state index >= 15 is 0 Å². The van der Waals surface area contributed by atoms with E-state index in [1.807, 2.05) is 0 Å². The van der Waals surface area contributed by atoms with Crippen LogP contribution in [0.3, 0.4) is 0 Å². The minimum atomic E-state index is -1.10. The van der Waals surface area contributed by atoms with Gasteiger partial charge in [0, 0.05) is 49.3 Å². The van der Waals surface area contributed by atoms with E-state index in [1.54, 1.807) is 0 Å². The van der Waals surface area contributed by atoms with E-state index in [9.17, 15) is 5.48 Å². The van der Waals surface area contributed by atoms with Gasteiger partial charge in [-0.25, -0.2) is 0 Å². The van der Waals surface area contributed by atoms with Crippen LogP contribution in [0.15, 0.2) is 42.5 Å². The van der Waals surface area contributed by atoms with Crippen LogP contribution in [0.5, 0.6) is 0 Å². The molecular weight excluding hydrogens is 495 g/mol. The minimum absolute atomic E-state index is 0.0612. The second-order valence-electron chi connectivity index (χ2n) is 15.4. The molecule has 2 saturated carbocycles. The van der Waals surface area contributed by atoms with Crippen LogP contribution in [0, 0.1) is 0 Å². The molecule has 0 bridgehead atoms. The summed E-state index contributed by atoms with van der Waals surface area (Å²) in [7, 11) is 0. The van der Waals surface area contributed by atoms with Crippen molar-refractivity contribution in [2.24, 2.45) is 0 Å². The average molecular weight is 545 g/mol. The Morgan fingerprint density at radius 1 is 0.634 bits per heavy atom. The molecule has 0 radical (unpaired) electrons. The summed E-state index contributed by atoms with van der Waals surface area (Å²) < 4.78 is 41.0. The van der Waals surface area contributed by atoms with Gasteiger partial charge in [0.05, 0.1) is 2.74 Å². The Morgan fingerprint density at radius 3 is 1.51 bits per heavy atom. The van der Waals surface area contributed by atoms with Crippen LogP contribution in [0.1, 0.15) is 132 Å². The van der Waals surface area contributed by atoms with Crippen molar-refractivity contribution in [3.63, 3.8) is 0 Å². The first-order valence-corrected chi connectivity index (χ1v) is 16.2. The zero-order chi connectivity index (χ0) is 31.7. The number of fused-ring (bicyclic) bond motifs is 10. The number of hydrogen-bond acceptors (Lipinski definition) is 2. The summed E-state index contributed by atoms with van der Waals surface area (Å²) in [5, 5.41) is 0. The smallest absolute Gasteiger partial charge is 0.252 e. The molecule has 4 atom stereocenters. The number of rotatable bonds is 0. The van der Waals surface area contributed by atoms with Crippen molar-refractivity contribution in [2.45, 2.75) is 128 Å². The number of anilines is 4. The summed E-state index contributed by atoms with van der Waals surface area (Å²) >= 11 is 0. The van der Waals surface area contributed by atoms with Crippen LogP contribution in [0.4, 0.5) is 22.7 Å². The summed E-state index contributed by atoms with van der Waals surface area (Å²) in [5.41, 5.74) is 12.1. The Balaban J connectivity index is 1.43. The van der Waals surface area contributed by atoms with Crippen molar-refractivity contribution < 1.29 is 5.48 Å². The van der Waals surface area contributed by atoms with E-state index in [4.69, 9.17) is 0 Å². The fraction of sp³-hybridized carbons (Fsp3) is 0.526. The third kappa shape index (κ3) is 3.06. The summed E-state index contributed by atoms with van der Waals surface area (Å²) in [6.45, 7) is 13.4. The molecule has 4 aliphatic heterocycles. The molecule has 2 nitrogen and oxygen atoms in total. The van der Waals surface area contributed by atoms with Crippen LogP contribution < -0.4 is 26.2 Å². The quantitative estimate of drug-likeness (QED) is 0.267. The summed E-state index contributed by atoms with van der Waals surface area (Å²) in [4.78, 5) is 4.57. The van der Waals surface area contributed by atoms with Gasteiger partial charge in [-0.3, -0.25) is 0 Å². The molecule has 9 rings (SSSR count). The molecule has 0 amide bonds. The van der Waals surface area contributed by atoms with Crippen LogP contribution in [0.25, 0.3) is 0 Å². The first-order valence-electron chi connectivity index (χ1n) is 18.2. The van der Waals surface area contributed by atoms with Gasteiger partial charge in [-0.2, -0.15) is 0 Å². The van der Waals surface area contributed by atoms with E-state index in [1.165, 1.54) is 27.5 Å². The predicted octanol–water partition coefficient (Wildman–Crippen LogP) is 7.78. The molecule has 0 aromatic heterocycles. The molecule has 3 heteroatoms. The van der Waals surface area contributed by atoms with Gasteiger partial charge in [0.25, 0.3) is 6.71 Å². The van der Waals surface area contributed by atoms with Crippen LogP contribution in [-0.4, -0.2) is 18.7 Å². The highest BCUT2D eigenvalue weighted by Gasteiger charge is 2.55. The Labute approximate surface area is 253 Å². The van der Waals surface area contributed by atoms with Gasteiger partial charge >= 0.3 is 0 Å². The number of benzene rings is 3. The third-order valence-corrected chi connectivity index (χ3v) is 11.0.